The number of hydrogen-bond acceptors (Lipinski definition) is 9. The number of terminal acetylenes is 1. The normalized spacial score (nSPS) is 17.3. The minimum atomic E-state index is -1.30. The van der Waals surface area contributed by atoms with Crippen molar-refractivity contribution in [2.45, 2.75) is 51.0 Å². The van der Waals surface area contributed by atoms with E-state index in [4.69, 9.17) is 25.5 Å². The van der Waals surface area contributed by atoms with Gasteiger partial charge in [0.15, 0.2) is 11.5 Å². The predicted octanol–water partition coefficient (Wildman–Crippen LogP) is 3.45. The molecule has 0 radical (unpaired) electrons. The van der Waals surface area contributed by atoms with Crippen molar-refractivity contribution >= 4 is 23.7 Å². The van der Waals surface area contributed by atoms with Gasteiger partial charge in [0.1, 0.15) is 12.7 Å². The highest BCUT2D eigenvalue weighted by molar-refractivity contribution is 6.01. The summed E-state index contributed by atoms with van der Waals surface area (Å²) in [6, 6.07) is 2.55. The number of carbonyl (C=O) groups is 3. The first-order valence-corrected chi connectivity index (χ1v) is 10.5. The van der Waals surface area contributed by atoms with Crippen LogP contribution in [0.1, 0.15) is 56.6 Å². The first kappa shape index (κ1) is 23.8. The largest absolute Gasteiger partial charge is 0.534 e. The number of ether oxygens (including phenoxy) is 3. The fraction of sp³-hybridized carbons (Fsp3) is 0.500. The van der Waals surface area contributed by atoms with E-state index < -0.39 is 29.0 Å². The van der Waals surface area contributed by atoms with Crippen LogP contribution in [0.4, 0.5) is 10.5 Å². The van der Waals surface area contributed by atoms with Crippen LogP contribution in [0.3, 0.4) is 0 Å². The number of rotatable bonds is 8. The molecule has 1 aliphatic heterocycles. The third kappa shape index (κ3) is 5.52. The Hall–Kier alpha value is -3.81. The van der Waals surface area contributed by atoms with Gasteiger partial charge in [0.05, 0.1) is 23.7 Å². The lowest BCUT2D eigenvalue weighted by Gasteiger charge is -2.30. The molecule has 1 saturated carbocycles. The first-order chi connectivity index (χ1) is 15.8. The molecule has 1 saturated heterocycles. The highest BCUT2D eigenvalue weighted by Gasteiger charge is 2.38. The fourth-order valence-corrected chi connectivity index (χ4v) is 4.05. The number of methoxy groups -OCH3 is 1. The molecule has 2 amide bonds. The molecule has 1 aromatic rings. The monoisotopic (exact) mass is 460 g/mol. The fourth-order valence-electron chi connectivity index (χ4n) is 4.05. The lowest BCUT2D eigenvalue weighted by Crippen LogP contribution is -2.33. The molecule has 176 valence electrons. The van der Waals surface area contributed by atoms with E-state index in [1.54, 1.807) is 0 Å². The van der Waals surface area contributed by atoms with Gasteiger partial charge in [0.2, 0.25) is 0 Å². The van der Waals surface area contributed by atoms with E-state index in [0.717, 1.165) is 19.3 Å². The van der Waals surface area contributed by atoms with Crippen LogP contribution in [0, 0.1) is 28.4 Å². The zero-order valence-electron chi connectivity index (χ0n) is 18.1. The second-order valence-electron chi connectivity index (χ2n) is 7.67. The predicted molar refractivity (Wildman–Crippen MR) is 112 cm³/mol. The summed E-state index contributed by atoms with van der Waals surface area (Å²) < 4.78 is 16.2. The summed E-state index contributed by atoms with van der Waals surface area (Å²) in [4.78, 5) is 52.2. The summed E-state index contributed by atoms with van der Waals surface area (Å²) >= 11 is 0. The number of nitrogens with zero attached hydrogens (tertiary/aromatic N) is 2. The number of nitro groups is 1. The van der Waals surface area contributed by atoms with Gasteiger partial charge in [-0.1, -0.05) is 30.2 Å². The molecule has 1 aromatic carbocycles. The van der Waals surface area contributed by atoms with Gasteiger partial charge >= 0.3 is 6.16 Å². The van der Waals surface area contributed by atoms with Crippen LogP contribution < -0.4 is 9.47 Å². The van der Waals surface area contributed by atoms with E-state index in [0.29, 0.717) is 17.9 Å². The summed E-state index contributed by atoms with van der Waals surface area (Å²) in [5, 5.41) is 12.3. The van der Waals surface area contributed by atoms with Crippen molar-refractivity contribution in [3.8, 4) is 23.8 Å². The van der Waals surface area contributed by atoms with Gasteiger partial charge in [-0.15, -0.1) is 6.42 Å². The molecular weight excluding hydrogens is 436 g/mol. The zero-order chi connectivity index (χ0) is 24.0. The SMILES string of the molecule is C#CCOc1cc([N+](=O)[O-])c(C(OC(=O)ON2C(=O)CCC2=O)C2CCCCC2)cc1OC. The number of imide groups is 1. The first-order valence-electron chi connectivity index (χ1n) is 10.5. The van der Waals surface area contributed by atoms with Gasteiger partial charge in [0.25, 0.3) is 17.5 Å². The Morgan fingerprint density at radius 2 is 1.88 bits per heavy atom. The van der Waals surface area contributed by atoms with Crippen LogP contribution in [-0.4, -0.2) is 41.7 Å². The van der Waals surface area contributed by atoms with E-state index >= 15 is 0 Å². The van der Waals surface area contributed by atoms with Gasteiger partial charge in [-0.25, -0.2) is 4.79 Å². The standard InChI is InChI=1S/C22H24N2O9/c1-3-11-31-18-13-16(24(28)29)15(12-17(18)30-2)21(14-7-5-4-6-8-14)32-22(27)33-23-19(25)9-10-20(23)26/h1,12-14,21H,4-11H2,2H3. The Labute approximate surface area is 190 Å². The Morgan fingerprint density at radius 1 is 1.21 bits per heavy atom. The molecule has 0 N–H and O–H groups in total. The molecule has 0 bridgehead atoms. The molecular formula is C22H24N2O9. The van der Waals surface area contributed by atoms with Crippen molar-refractivity contribution in [1.82, 2.24) is 5.06 Å². The number of benzene rings is 1. The van der Waals surface area contributed by atoms with Crippen LogP contribution in [0.2, 0.25) is 0 Å². The van der Waals surface area contributed by atoms with Crippen molar-refractivity contribution in [2.75, 3.05) is 13.7 Å². The molecule has 0 spiro atoms. The van der Waals surface area contributed by atoms with Crippen molar-refractivity contribution in [3.63, 3.8) is 0 Å². The number of carbonyl (C=O) groups excluding carboxylic acids is 3. The van der Waals surface area contributed by atoms with Crippen LogP contribution >= 0.6 is 0 Å². The maximum absolute atomic E-state index is 12.5. The van der Waals surface area contributed by atoms with Crippen LogP contribution in [-0.2, 0) is 19.2 Å². The topological polar surface area (TPSA) is 135 Å². The van der Waals surface area contributed by atoms with Crippen molar-refractivity contribution in [3.05, 3.63) is 27.8 Å². The Kier molecular flexibility index (Phi) is 7.71. The van der Waals surface area contributed by atoms with Crippen LogP contribution in [0.25, 0.3) is 0 Å². The van der Waals surface area contributed by atoms with E-state index in [-0.39, 0.29) is 48.1 Å². The maximum Gasteiger partial charge on any atom is 0.534 e. The summed E-state index contributed by atoms with van der Waals surface area (Å²) in [7, 11) is 1.36. The minimum Gasteiger partial charge on any atom is -0.493 e. The summed E-state index contributed by atoms with van der Waals surface area (Å²) in [6.07, 6.45) is 6.74. The molecule has 2 fully saturated rings. The van der Waals surface area contributed by atoms with E-state index in [1.165, 1.54) is 19.2 Å². The van der Waals surface area contributed by atoms with Gasteiger partial charge in [-0.2, -0.15) is 0 Å². The van der Waals surface area contributed by atoms with Gasteiger partial charge in [0, 0.05) is 18.8 Å². The number of hydrogen-bond donors (Lipinski definition) is 0. The maximum atomic E-state index is 12.5. The number of nitro benzene ring substituents is 1. The molecule has 11 heteroatoms. The molecule has 1 unspecified atom stereocenters. The quantitative estimate of drug-likeness (QED) is 0.188. The van der Waals surface area contributed by atoms with Gasteiger partial charge in [-0.3, -0.25) is 24.5 Å². The lowest BCUT2D eigenvalue weighted by atomic mass is 9.82. The molecule has 1 heterocycles. The average molecular weight is 460 g/mol. The van der Waals surface area contributed by atoms with Gasteiger partial charge < -0.3 is 14.2 Å². The highest BCUT2D eigenvalue weighted by Crippen LogP contribution is 2.44. The van der Waals surface area contributed by atoms with Crippen molar-refractivity contribution in [1.29, 1.82) is 0 Å². The molecule has 1 aliphatic carbocycles. The number of hydroxylamine groups is 2. The molecule has 33 heavy (non-hydrogen) atoms. The molecule has 2 aliphatic rings. The lowest BCUT2D eigenvalue weighted by molar-refractivity contribution is -0.386. The van der Waals surface area contributed by atoms with Crippen molar-refractivity contribution < 1.29 is 38.4 Å². The zero-order valence-corrected chi connectivity index (χ0v) is 18.1. The van der Waals surface area contributed by atoms with Crippen LogP contribution in [0.5, 0.6) is 11.5 Å². The molecule has 1 atom stereocenters. The van der Waals surface area contributed by atoms with Crippen molar-refractivity contribution in [2.24, 2.45) is 5.92 Å². The Bertz CT molecular complexity index is 963. The third-order valence-corrected chi connectivity index (χ3v) is 5.60. The smallest absolute Gasteiger partial charge is 0.493 e. The second-order valence-corrected chi connectivity index (χ2v) is 7.67. The summed E-state index contributed by atoms with van der Waals surface area (Å²) in [6.45, 7) is -0.125. The summed E-state index contributed by atoms with van der Waals surface area (Å²) in [5.74, 6) is 0.972. The molecule has 11 nitrogen and oxygen atoms in total. The average Bonchev–Trinajstić information content (AvgIpc) is 3.13. The Morgan fingerprint density at radius 3 is 2.45 bits per heavy atom. The van der Waals surface area contributed by atoms with E-state index in [1.807, 2.05) is 0 Å². The third-order valence-electron chi connectivity index (χ3n) is 5.60. The van der Waals surface area contributed by atoms with Crippen LogP contribution in [0.15, 0.2) is 12.1 Å². The van der Waals surface area contributed by atoms with E-state index in [2.05, 4.69) is 5.92 Å². The number of amides is 2. The second kappa shape index (κ2) is 10.7. The van der Waals surface area contributed by atoms with E-state index in [9.17, 15) is 24.5 Å². The molecule has 3 rings (SSSR count). The minimum absolute atomic E-state index is 0.0695. The summed E-state index contributed by atoms with van der Waals surface area (Å²) in [5.41, 5.74) is -0.257. The van der Waals surface area contributed by atoms with Gasteiger partial charge in [-0.05, 0) is 18.9 Å². The highest BCUT2D eigenvalue weighted by atomic mass is 16.8. The Balaban J connectivity index is 1.96. The molecule has 0 aromatic heterocycles.